The van der Waals surface area contributed by atoms with Gasteiger partial charge in [0, 0.05) is 74.0 Å². The molecule has 0 saturated carbocycles. The zero-order chi connectivity index (χ0) is 13.1. The molecule has 0 unspecified atom stereocenters. The van der Waals surface area contributed by atoms with Crippen LogP contribution in [0, 0.1) is 0 Å². The van der Waals surface area contributed by atoms with Crippen LogP contribution in [0.1, 0.15) is 0 Å². The van der Waals surface area contributed by atoms with Gasteiger partial charge < -0.3 is 40.0 Å². The fourth-order valence-electron chi connectivity index (χ4n) is 2.15. The molecule has 19 heavy (non-hydrogen) atoms. The number of rotatable bonds is 3. The Morgan fingerprint density at radius 1 is 1.00 bits per heavy atom. The number of benzene rings is 1. The van der Waals surface area contributed by atoms with Crippen molar-refractivity contribution in [3.8, 4) is 0 Å². The third-order valence-electron chi connectivity index (χ3n) is 3.34. The molecule has 0 atom stereocenters. The summed E-state index contributed by atoms with van der Waals surface area (Å²) in [6.45, 7) is 3.94. The molecule has 1 aromatic rings. The molecule has 111 valence electrons. The van der Waals surface area contributed by atoms with Crippen molar-refractivity contribution in [2.24, 2.45) is 0 Å². The van der Waals surface area contributed by atoms with Crippen LogP contribution in [-0.4, -0.2) is 49.9 Å². The van der Waals surface area contributed by atoms with E-state index in [1.54, 1.807) is 0 Å². The van der Waals surface area contributed by atoms with Gasteiger partial charge in [0.05, 0.1) is 0 Å². The van der Waals surface area contributed by atoms with Gasteiger partial charge in [-0.1, -0.05) is 0 Å². The topological polar surface area (TPSA) is 9.72 Å². The molecule has 1 aliphatic heterocycles. The predicted molar refractivity (Wildman–Crippen MR) is 83.1 cm³/mol. The van der Waals surface area contributed by atoms with Crippen LogP contribution >= 0.6 is 0 Å². The average Bonchev–Trinajstić information content (AvgIpc) is 2.39. The van der Waals surface area contributed by atoms with Crippen LogP contribution in [0.2, 0.25) is 0 Å². The minimum absolute atomic E-state index is 0. The van der Waals surface area contributed by atoms with E-state index < -0.39 is 0 Å². The first-order valence-electron chi connectivity index (χ1n) is 6.16. The first-order valence-corrected chi connectivity index (χ1v) is 7.10. The first-order chi connectivity index (χ1) is 8.58. The molecule has 1 radical (unpaired) electrons. The van der Waals surface area contributed by atoms with E-state index in [1.165, 1.54) is 11.4 Å². The van der Waals surface area contributed by atoms with Crippen molar-refractivity contribution in [2.75, 3.05) is 50.1 Å². The van der Waals surface area contributed by atoms with Gasteiger partial charge in [0.15, 0.2) is 0 Å². The smallest absolute Gasteiger partial charge is 0.0368 e. The fourth-order valence-corrected chi connectivity index (χ4v) is 2.57. The number of anilines is 2. The van der Waals surface area contributed by atoms with E-state index in [-0.39, 0.29) is 27.1 Å². The van der Waals surface area contributed by atoms with Crippen molar-refractivity contribution in [1.82, 2.24) is 4.90 Å². The third kappa shape index (κ3) is 4.62. The zero-order valence-electron chi connectivity index (χ0n) is 11.2. The molecule has 1 aliphatic rings. The van der Waals surface area contributed by atoms with Gasteiger partial charge in [0.1, 0.15) is 0 Å². The number of hydrogen-bond acceptors (Lipinski definition) is 5. The maximum Gasteiger partial charge on any atom is 0.0368 e. The largest absolute Gasteiger partial charge is 0.800 e. The Bertz CT molecular complexity index is 376. The molecular weight excluding hydrogens is 459 g/mol. The van der Waals surface area contributed by atoms with Gasteiger partial charge in [0.2, 0.25) is 0 Å². The molecular formula is C13H19AuN3S2-2. The standard InChI is InChI=1S/C13H21N3S2.Au/c1-14(2)11-3-5-12(6-4-11)15-7-9-16(10-8-15)13(17)18;/h3-6,13,17-18H,7-10H2,1-2H3;/p-2. The van der Waals surface area contributed by atoms with E-state index in [2.05, 4.69) is 53.1 Å². The van der Waals surface area contributed by atoms with Crippen LogP contribution in [0.5, 0.6) is 0 Å². The molecule has 0 aliphatic carbocycles. The Hall–Kier alpha value is 0.220. The minimum Gasteiger partial charge on any atom is -0.800 e. The fraction of sp³-hybridized carbons (Fsp3) is 0.538. The van der Waals surface area contributed by atoms with Crippen molar-refractivity contribution in [3.05, 3.63) is 24.3 Å². The van der Waals surface area contributed by atoms with Crippen LogP contribution in [-0.2, 0) is 47.6 Å². The van der Waals surface area contributed by atoms with E-state index in [0.717, 1.165) is 26.2 Å². The van der Waals surface area contributed by atoms with Crippen molar-refractivity contribution >= 4 is 36.6 Å². The van der Waals surface area contributed by atoms with E-state index in [0.29, 0.717) is 0 Å². The Morgan fingerprint density at radius 2 is 1.53 bits per heavy atom. The van der Waals surface area contributed by atoms with Crippen molar-refractivity contribution in [3.63, 3.8) is 0 Å². The van der Waals surface area contributed by atoms with Gasteiger partial charge in [0.25, 0.3) is 0 Å². The molecule has 0 aromatic heterocycles. The van der Waals surface area contributed by atoms with Gasteiger partial charge in [-0.3, -0.25) is 0 Å². The summed E-state index contributed by atoms with van der Waals surface area (Å²) in [6.07, 6.45) is 0. The predicted octanol–water partition coefficient (Wildman–Crippen LogP) is 1.25. The second-order valence-corrected chi connectivity index (χ2v) is 5.93. The maximum absolute atomic E-state index is 5.12. The summed E-state index contributed by atoms with van der Waals surface area (Å²) >= 11 is 10.2. The Balaban J connectivity index is 0.00000180. The molecule has 0 amide bonds. The summed E-state index contributed by atoms with van der Waals surface area (Å²) in [5.74, 6) is 0. The van der Waals surface area contributed by atoms with Crippen LogP contribution in [0.25, 0.3) is 0 Å². The number of piperazine rings is 1. The van der Waals surface area contributed by atoms with Crippen LogP contribution in [0.4, 0.5) is 11.4 Å². The van der Waals surface area contributed by atoms with Gasteiger partial charge in [-0.2, -0.15) is 0 Å². The van der Waals surface area contributed by atoms with Gasteiger partial charge >= 0.3 is 0 Å². The van der Waals surface area contributed by atoms with E-state index in [9.17, 15) is 0 Å². The molecule has 0 N–H and O–H groups in total. The SMILES string of the molecule is CN(C)c1ccc(N2CCN(C([S-])[S-])CC2)cc1.[Au]. The Kier molecular flexibility index (Phi) is 7.14. The molecule has 1 fully saturated rings. The quantitative estimate of drug-likeness (QED) is 0.477. The molecule has 0 spiro atoms. The third-order valence-corrected chi connectivity index (χ3v) is 3.94. The molecule has 0 bridgehead atoms. The van der Waals surface area contributed by atoms with Gasteiger partial charge in [-0.05, 0) is 24.3 Å². The summed E-state index contributed by atoms with van der Waals surface area (Å²) in [7, 11) is 4.11. The molecule has 3 nitrogen and oxygen atoms in total. The summed E-state index contributed by atoms with van der Waals surface area (Å²) in [4.78, 5) is 6.68. The van der Waals surface area contributed by atoms with Crippen molar-refractivity contribution < 1.29 is 22.4 Å². The van der Waals surface area contributed by atoms with Crippen LogP contribution in [0.15, 0.2) is 24.3 Å². The number of nitrogens with zero attached hydrogens (tertiary/aromatic N) is 3. The van der Waals surface area contributed by atoms with Crippen molar-refractivity contribution in [2.45, 2.75) is 4.71 Å². The Labute approximate surface area is 142 Å². The van der Waals surface area contributed by atoms with E-state index in [1.807, 2.05) is 0 Å². The van der Waals surface area contributed by atoms with E-state index >= 15 is 0 Å². The number of hydrogen-bond donors (Lipinski definition) is 0. The summed E-state index contributed by atoms with van der Waals surface area (Å²) < 4.78 is -0.164. The second-order valence-electron chi connectivity index (χ2n) is 4.74. The second kappa shape index (κ2) is 7.86. The molecule has 1 heterocycles. The molecule has 2 rings (SSSR count). The summed E-state index contributed by atoms with van der Waals surface area (Å²) in [6, 6.07) is 8.68. The van der Waals surface area contributed by atoms with Crippen LogP contribution in [0.3, 0.4) is 0 Å². The minimum atomic E-state index is -0.164. The van der Waals surface area contributed by atoms with E-state index in [4.69, 9.17) is 25.3 Å². The van der Waals surface area contributed by atoms with Gasteiger partial charge in [-0.25, -0.2) is 4.71 Å². The summed E-state index contributed by atoms with van der Waals surface area (Å²) in [5.41, 5.74) is 2.51. The van der Waals surface area contributed by atoms with Crippen molar-refractivity contribution in [1.29, 1.82) is 0 Å². The molecule has 1 saturated heterocycles. The Morgan fingerprint density at radius 3 is 1.95 bits per heavy atom. The zero-order valence-corrected chi connectivity index (χ0v) is 15.0. The normalized spacial score (nSPS) is 16.4. The average molecular weight is 478 g/mol. The molecule has 6 heteroatoms. The van der Waals surface area contributed by atoms with Crippen LogP contribution < -0.4 is 9.80 Å². The molecule has 1 aromatic carbocycles. The maximum atomic E-state index is 5.12. The van der Waals surface area contributed by atoms with Gasteiger partial charge in [-0.15, -0.1) is 0 Å². The monoisotopic (exact) mass is 478 g/mol. The first kappa shape index (κ1) is 17.3. The summed E-state index contributed by atoms with van der Waals surface area (Å²) in [5, 5.41) is 0.